The van der Waals surface area contributed by atoms with E-state index in [1.807, 2.05) is 6.07 Å². The van der Waals surface area contributed by atoms with Gasteiger partial charge in [0.25, 0.3) is 0 Å². The van der Waals surface area contributed by atoms with Crippen LogP contribution in [0.15, 0.2) is 52.5 Å². The highest BCUT2D eigenvalue weighted by atomic mass is 32.2. The van der Waals surface area contributed by atoms with Gasteiger partial charge < -0.3 is 15.4 Å². The van der Waals surface area contributed by atoms with Crippen LogP contribution in [0.2, 0.25) is 0 Å². The minimum absolute atomic E-state index is 0.101. The van der Waals surface area contributed by atoms with Crippen molar-refractivity contribution in [2.45, 2.75) is 48.2 Å². The topological polar surface area (TPSA) is 111 Å². The molecule has 3 heterocycles. The second kappa shape index (κ2) is 9.36. The quantitative estimate of drug-likeness (QED) is 0.591. The van der Waals surface area contributed by atoms with Crippen LogP contribution < -0.4 is 10.6 Å². The van der Waals surface area contributed by atoms with Gasteiger partial charge in [0, 0.05) is 35.5 Å². The van der Waals surface area contributed by atoms with E-state index in [1.54, 1.807) is 30.5 Å². The van der Waals surface area contributed by atoms with Crippen LogP contribution in [0.3, 0.4) is 0 Å². The zero-order chi connectivity index (χ0) is 23.6. The lowest BCUT2D eigenvalue weighted by Crippen LogP contribution is -2.46. The lowest BCUT2D eigenvalue weighted by molar-refractivity contribution is 0.0985. The number of allylic oxidation sites excluding steroid dienone is 5. The van der Waals surface area contributed by atoms with Crippen LogP contribution >= 0.6 is 11.3 Å². The zero-order valence-corrected chi connectivity index (χ0v) is 20.5. The van der Waals surface area contributed by atoms with Gasteiger partial charge in [0.2, 0.25) is 14.2 Å². The van der Waals surface area contributed by atoms with Gasteiger partial charge in [-0.1, -0.05) is 12.7 Å². The molecule has 1 atom stereocenters. The maximum Gasteiger partial charge on any atom is 0.216 e. The standard InChI is InChI=1S/C23H29N5O3S2/c1-4-18(7-6-16(2)24)21-26-19(14-20(27-21)28-11-12-31-15-17(28)3)23(8-5-9-23)33(29,30)22-25-10-13-32-22/h4,6-7,10,13-14,17H,1,5,8-9,11-12,15,24H2,2-3H3/b16-6+,18-7+/t17-/m0/s1. The fraction of sp³-hybridized carbons (Fsp3) is 0.435. The van der Waals surface area contributed by atoms with Gasteiger partial charge in [0.05, 0.1) is 24.9 Å². The molecule has 0 unspecified atom stereocenters. The SMILES string of the molecule is C=C/C(=C\C=C(/C)N)c1nc(N2CCOC[C@@H]2C)cc(C2(S(=O)(=O)c3nccs3)CCC2)n1. The largest absolute Gasteiger partial charge is 0.402 e. The van der Waals surface area contributed by atoms with Crippen molar-refractivity contribution in [2.75, 3.05) is 24.7 Å². The van der Waals surface area contributed by atoms with Gasteiger partial charge in [0.15, 0.2) is 5.82 Å². The highest BCUT2D eigenvalue weighted by Gasteiger charge is 2.53. The minimum Gasteiger partial charge on any atom is -0.402 e. The summed E-state index contributed by atoms with van der Waals surface area (Å²) in [5.41, 5.74) is 7.62. The molecule has 2 aliphatic rings. The predicted octanol–water partition coefficient (Wildman–Crippen LogP) is 3.44. The first-order chi connectivity index (χ1) is 15.8. The number of anilines is 1. The van der Waals surface area contributed by atoms with Crippen molar-refractivity contribution in [1.82, 2.24) is 15.0 Å². The highest BCUT2D eigenvalue weighted by Crippen LogP contribution is 2.51. The molecule has 10 heteroatoms. The molecule has 176 valence electrons. The number of hydrogen-bond acceptors (Lipinski definition) is 9. The Balaban J connectivity index is 1.90. The van der Waals surface area contributed by atoms with Crippen LogP contribution in [0.1, 0.15) is 44.6 Å². The lowest BCUT2D eigenvalue weighted by Gasteiger charge is -2.41. The van der Waals surface area contributed by atoms with E-state index >= 15 is 0 Å². The summed E-state index contributed by atoms with van der Waals surface area (Å²) in [7, 11) is -3.71. The third kappa shape index (κ3) is 4.34. The summed E-state index contributed by atoms with van der Waals surface area (Å²) < 4.78 is 32.0. The Kier molecular flexibility index (Phi) is 6.69. The Morgan fingerprint density at radius 2 is 2.15 bits per heavy atom. The second-order valence-corrected chi connectivity index (χ2v) is 11.8. The maximum atomic E-state index is 13.7. The third-order valence-electron chi connectivity index (χ3n) is 6.16. The Bertz CT molecular complexity index is 1180. The molecule has 0 spiro atoms. The Hall–Kier alpha value is -2.56. The van der Waals surface area contributed by atoms with Gasteiger partial charge >= 0.3 is 0 Å². The molecule has 2 fully saturated rings. The molecule has 33 heavy (non-hydrogen) atoms. The molecule has 0 radical (unpaired) electrons. The Labute approximate surface area is 198 Å². The van der Waals surface area contributed by atoms with Crippen LogP contribution in [0, 0.1) is 0 Å². The van der Waals surface area contributed by atoms with Gasteiger partial charge in [-0.15, -0.1) is 11.3 Å². The summed E-state index contributed by atoms with van der Waals surface area (Å²) in [6.45, 7) is 9.60. The van der Waals surface area contributed by atoms with Gasteiger partial charge in [-0.2, -0.15) is 0 Å². The summed E-state index contributed by atoms with van der Waals surface area (Å²) >= 11 is 1.14. The lowest BCUT2D eigenvalue weighted by atomic mass is 9.81. The van der Waals surface area contributed by atoms with Crippen LogP contribution in [0.5, 0.6) is 0 Å². The average Bonchev–Trinajstić information content (AvgIpc) is 3.29. The smallest absolute Gasteiger partial charge is 0.216 e. The van der Waals surface area contributed by atoms with E-state index in [2.05, 4.69) is 23.4 Å². The average molecular weight is 488 g/mol. The Morgan fingerprint density at radius 3 is 2.73 bits per heavy atom. The predicted molar refractivity (Wildman–Crippen MR) is 131 cm³/mol. The maximum absolute atomic E-state index is 13.7. The van der Waals surface area contributed by atoms with E-state index in [9.17, 15) is 8.42 Å². The van der Waals surface area contributed by atoms with Crippen LogP contribution in [0.4, 0.5) is 5.82 Å². The van der Waals surface area contributed by atoms with Crippen molar-refractivity contribution in [3.63, 3.8) is 0 Å². The molecule has 0 aromatic carbocycles. The molecule has 2 N–H and O–H groups in total. The molecular formula is C23H29N5O3S2. The second-order valence-electron chi connectivity index (χ2n) is 8.44. The molecule has 1 aliphatic heterocycles. The van der Waals surface area contributed by atoms with Crippen molar-refractivity contribution in [1.29, 1.82) is 0 Å². The summed E-state index contributed by atoms with van der Waals surface area (Å²) in [5, 5.41) is 1.69. The number of sulfone groups is 1. The molecule has 2 aromatic heterocycles. The van der Waals surface area contributed by atoms with E-state index in [1.165, 1.54) is 6.20 Å². The minimum atomic E-state index is -3.71. The van der Waals surface area contributed by atoms with Crippen LogP contribution in [-0.2, 0) is 19.3 Å². The van der Waals surface area contributed by atoms with Crippen molar-refractivity contribution in [3.8, 4) is 0 Å². The van der Waals surface area contributed by atoms with E-state index in [4.69, 9.17) is 20.4 Å². The van der Waals surface area contributed by atoms with Gasteiger partial charge in [0.1, 0.15) is 10.6 Å². The van der Waals surface area contributed by atoms with Crippen LogP contribution in [0.25, 0.3) is 5.57 Å². The normalized spacial score (nSPS) is 21.5. The Morgan fingerprint density at radius 1 is 1.36 bits per heavy atom. The van der Waals surface area contributed by atoms with Crippen molar-refractivity contribution in [2.24, 2.45) is 5.73 Å². The van der Waals surface area contributed by atoms with Gasteiger partial charge in [-0.05, 0) is 45.3 Å². The number of nitrogens with zero attached hydrogens (tertiary/aromatic N) is 4. The first-order valence-electron chi connectivity index (χ1n) is 10.9. The van der Waals surface area contributed by atoms with Crippen molar-refractivity contribution in [3.05, 3.63) is 59.7 Å². The first-order valence-corrected chi connectivity index (χ1v) is 13.3. The number of morpholine rings is 1. The van der Waals surface area contributed by atoms with Gasteiger partial charge in [-0.3, -0.25) is 0 Å². The number of aromatic nitrogens is 3. The molecule has 1 saturated heterocycles. The highest BCUT2D eigenvalue weighted by molar-refractivity contribution is 7.94. The number of thiazole rings is 1. The van der Waals surface area contributed by atoms with E-state index in [0.29, 0.717) is 61.2 Å². The van der Waals surface area contributed by atoms with Crippen molar-refractivity contribution < 1.29 is 13.2 Å². The molecule has 8 nitrogen and oxygen atoms in total. The summed E-state index contributed by atoms with van der Waals surface area (Å²) in [6.07, 6.45) is 8.56. The molecule has 1 saturated carbocycles. The van der Waals surface area contributed by atoms with E-state index < -0.39 is 14.6 Å². The molecule has 1 aliphatic carbocycles. The van der Waals surface area contributed by atoms with Crippen molar-refractivity contribution >= 4 is 32.6 Å². The zero-order valence-electron chi connectivity index (χ0n) is 18.9. The van der Waals surface area contributed by atoms with E-state index in [-0.39, 0.29) is 10.4 Å². The summed E-state index contributed by atoms with van der Waals surface area (Å²) in [4.78, 5) is 15.9. The number of ether oxygens (including phenoxy) is 1. The molecule has 4 rings (SSSR count). The number of hydrogen-bond donors (Lipinski definition) is 1. The monoisotopic (exact) mass is 487 g/mol. The first kappa shape index (κ1) is 23.6. The van der Waals surface area contributed by atoms with E-state index in [0.717, 1.165) is 17.8 Å². The number of rotatable bonds is 7. The number of nitrogens with two attached hydrogens (primary N) is 1. The summed E-state index contributed by atoms with van der Waals surface area (Å²) in [5.74, 6) is 1.11. The van der Waals surface area contributed by atoms with Gasteiger partial charge in [-0.25, -0.2) is 23.4 Å². The fourth-order valence-electron chi connectivity index (χ4n) is 4.14. The molecule has 2 aromatic rings. The third-order valence-corrected chi connectivity index (χ3v) is 9.88. The van der Waals surface area contributed by atoms with Crippen LogP contribution in [-0.4, -0.2) is 49.2 Å². The molecule has 0 bridgehead atoms. The summed E-state index contributed by atoms with van der Waals surface area (Å²) in [6, 6.07) is 1.94. The molecule has 0 amide bonds. The fourth-order valence-corrected chi connectivity index (χ4v) is 7.39. The molecular weight excluding hydrogens is 458 g/mol.